The van der Waals surface area contributed by atoms with Crippen molar-refractivity contribution in [2.24, 2.45) is 0 Å². The Kier molecular flexibility index (Phi) is 6.41. The van der Waals surface area contributed by atoms with Gasteiger partial charge in [0.15, 0.2) is 11.5 Å². The van der Waals surface area contributed by atoms with E-state index in [0.717, 1.165) is 31.0 Å². The maximum Gasteiger partial charge on any atom is 0.335 e. The minimum atomic E-state index is -1.01. The summed E-state index contributed by atoms with van der Waals surface area (Å²) >= 11 is 11.1. The molecule has 170 valence electrons. The number of carboxylic acid groups (broad SMARTS) is 1. The number of aliphatic hydroxyl groups excluding tert-OH is 1. The second-order valence-electron chi connectivity index (χ2n) is 8.36. The summed E-state index contributed by atoms with van der Waals surface area (Å²) in [6.45, 7) is 1.96. The van der Waals surface area contributed by atoms with Crippen LogP contribution in [-0.2, 0) is 12.0 Å². The third kappa shape index (κ3) is 4.08. The first kappa shape index (κ1) is 22.9. The monoisotopic (exact) mass is 477 g/mol. The van der Waals surface area contributed by atoms with Gasteiger partial charge in [0.1, 0.15) is 6.10 Å². The third-order valence-corrected chi connectivity index (χ3v) is 7.05. The summed E-state index contributed by atoms with van der Waals surface area (Å²) in [6.07, 6.45) is 5.38. The molecular weight excluding hydrogens is 453 g/mol. The van der Waals surface area contributed by atoms with Crippen LogP contribution >= 0.6 is 23.2 Å². The Hall–Kier alpha value is -2.25. The van der Waals surface area contributed by atoms with Crippen molar-refractivity contribution in [3.8, 4) is 11.5 Å². The van der Waals surface area contributed by atoms with Gasteiger partial charge < -0.3 is 24.6 Å². The van der Waals surface area contributed by atoms with E-state index in [0.29, 0.717) is 11.4 Å². The number of aromatic carboxylic acids is 1. The number of aliphatic hydroxyl groups is 1. The van der Waals surface area contributed by atoms with E-state index in [4.69, 9.17) is 37.8 Å². The molecule has 3 aliphatic rings. The maximum absolute atomic E-state index is 10.4. The first-order chi connectivity index (χ1) is 15.2. The molecule has 5 rings (SSSR count). The summed E-state index contributed by atoms with van der Waals surface area (Å²) in [6, 6.07) is 8.32. The van der Waals surface area contributed by atoms with Crippen LogP contribution in [0.3, 0.4) is 0 Å². The number of hydrogen-bond donors (Lipinski definition) is 2. The van der Waals surface area contributed by atoms with Gasteiger partial charge in [0.25, 0.3) is 0 Å². The zero-order valence-corrected chi connectivity index (χ0v) is 19.4. The number of carbonyl (C=O) groups is 1. The molecule has 6 nitrogen and oxygen atoms in total. The predicted molar refractivity (Wildman–Crippen MR) is 123 cm³/mol. The van der Waals surface area contributed by atoms with Crippen molar-refractivity contribution in [1.29, 1.82) is 0 Å². The van der Waals surface area contributed by atoms with Crippen LogP contribution in [0.1, 0.15) is 34.3 Å². The molecule has 0 bridgehead atoms. The van der Waals surface area contributed by atoms with Gasteiger partial charge in [-0.2, -0.15) is 0 Å². The molecule has 1 aliphatic carbocycles. The molecule has 0 unspecified atom stereocenters. The second-order valence-corrected chi connectivity index (χ2v) is 9.18. The standard InChI is InChI=1S/C17H21NO3.C7H4Cl2O2/c1-18-8-7-17-6-5-12(19)9-14(17)21-16-13(20-2)4-3-11(10-18)15(16)17;8-5-2-1-4(7(10)11)3-6(5)9/h3-6,12,14,19H,7-10H2,1-2H3;1-3H,(H,10,11)/t12-,14-,17-;/m0./s1. The number of rotatable bonds is 2. The van der Waals surface area contributed by atoms with Crippen molar-refractivity contribution >= 4 is 29.2 Å². The van der Waals surface area contributed by atoms with Gasteiger partial charge >= 0.3 is 5.97 Å². The highest BCUT2D eigenvalue weighted by atomic mass is 35.5. The van der Waals surface area contributed by atoms with Gasteiger partial charge in [0.05, 0.1) is 34.2 Å². The molecule has 2 aliphatic heterocycles. The Morgan fingerprint density at radius 2 is 2.03 bits per heavy atom. The van der Waals surface area contributed by atoms with E-state index in [1.54, 1.807) is 7.11 Å². The first-order valence-electron chi connectivity index (χ1n) is 10.4. The van der Waals surface area contributed by atoms with E-state index in [-0.39, 0.29) is 22.1 Å². The molecule has 0 fully saturated rings. The molecule has 0 saturated heterocycles. The highest BCUT2D eigenvalue weighted by Crippen LogP contribution is 2.55. The van der Waals surface area contributed by atoms with Crippen molar-refractivity contribution < 1.29 is 24.5 Å². The Bertz CT molecular complexity index is 1070. The van der Waals surface area contributed by atoms with Gasteiger partial charge in [-0.1, -0.05) is 41.4 Å². The zero-order valence-electron chi connectivity index (χ0n) is 17.8. The average Bonchev–Trinajstić information content (AvgIpc) is 3.01. The largest absolute Gasteiger partial charge is 0.493 e. The lowest BCUT2D eigenvalue weighted by Gasteiger charge is -2.35. The van der Waals surface area contributed by atoms with Gasteiger partial charge in [-0.25, -0.2) is 4.79 Å². The van der Waals surface area contributed by atoms with E-state index < -0.39 is 12.1 Å². The molecule has 2 aromatic carbocycles. The lowest BCUT2D eigenvalue weighted by atomic mass is 9.69. The van der Waals surface area contributed by atoms with Gasteiger partial charge in [-0.3, -0.25) is 0 Å². The van der Waals surface area contributed by atoms with Gasteiger partial charge in [0, 0.05) is 18.5 Å². The second kappa shape index (κ2) is 8.94. The fourth-order valence-electron chi connectivity index (χ4n) is 4.71. The zero-order chi connectivity index (χ0) is 23.0. The average molecular weight is 478 g/mol. The van der Waals surface area contributed by atoms with Crippen molar-refractivity contribution in [3.05, 3.63) is 69.2 Å². The van der Waals surface area contributed by atoms with Crippen LogP contribution in [0.25, 0.3) is 0 Å². The molecule has 0 amide bonds. The van der Waals surface area contributed by atoms with E-state index in [1.165, 1.54) is 29.3 Å². The summed E-state index contributed by atoms with van der Waals surface area (Å²) < 4.78 is 11.8. The molecule has 2 heterocycles. The van der Waals surface area contributed by atoms with Crippen molar-refractivity contribution in [3.63, 3.8) is 0 Å². The summed E-state index contributed by atoms with van der Waals surface area (Å²) in [4.78, 5) is 12.7. The molecule has 2 aromatic rings. The minimum absolute atomic E-state index is 0.00838. The molecule has 2 N–H and O–H groups in total. The topological polar surface area (TPSA) is 79.2 Å². The van der Waals surface area contributed by atoms with E-state index in [9.17, 15) is 9.90 Å². The molecular formula is C24H25Cl2NO5. The Labute approximate surface area is 197 Å². The summed E-state index contributed by atoms with van der Waals surface area (Å²) in [5.74, 6) is 0.674. The number of methoxy groups -OCH3 is 1. The van der Waals surface area contributed by atoms with Gasteiger partial charge in [-0.05, 0) is 49.8 Å². The van der Waals surface area contributed by atoms with E-state index in [2.05, 4.69) is 24.1 Å². The number of carboxylic acids is 1. The number of ether oxygens (including phenoxy) is 2. The maximum atomic E-state index is 10.4. The van der Waals surface area contributed by atoms with Crippen LogP contribution in [0.4, 0.5) is 0 Å². The summed E-state index contributed by atoms with van der Waals surface area (Å²) in [5.41, 5.74) is 2.62. The summed E-state index contributed by atoms with van der Waals surface area (Å²) in [5, 5.41) is 19.1. The molecule has 0 radical (unpaired) electrons. The number of benzene rings is 2. The molecule has 32 heavy (non-hydrogen) atoms. The summed E-state index contributed by atoms with van der Waals surface area (Å²) in [7, 11) is 3.84. The normalized spacial score (nSPS) is 25.5. The molecule has 0 aromatic heterocycles. The van der Waals surface area contributed by atoms with Crippen LogP contribution in [0.5, 0.6) is 11.5 Å². The number of nitrogens with zero attached hydrogens (tertiary/aromatic N) is 1. The quantitative estimate of drug-likeness (QED) is 0.618. The Morgan fingerprint density at radius 1 is 1.25 bits per heavy atom. The van der Waals surface area contributed by atoms with E-state index in [1.807, 2.05) is 12.1 Å². The predicted octanol–water partition coefficient (Wildman–Crippen LogP) is 4.54. The van der Waals surface area contributed by atoms with Crippen LogP contribution in [0.2, 0.25) is 10.0 Å². The number of halogens is 2. The molecule has 3 atom stereocenters. The highest BCUT2D eigenvalue weighted by molar-refractivity contribution is 6.42. The van der Waals surface area contributed by atoms with Gasteiger partial charge in [0.2, 0.25) is 0 Å². The first-order valence-corrected chi connectivity index (χ1v) is 11.1. The van der Waals surface area contributed by atoms with Crippen LogP contribution in [0.15, 0.2) is 42.5 Å². The minimum Gasteiger partial charge on any atom is -0.493 e. The van der Waals surface area contributed by atoms with Crippen LogP contribution < -0.4 is 9.47 Å². The lowest BCUT2D eigenvalue weighted by molar-refractivity contribution is 0.0696. The molecule has 0 saturated carbocycles. The highest BCUT2D eigenvalue weighted by Gasteiger charge is 2.52. The number of hydrogen-bond acceptors (Lipinski definition) is 5. The van der Waals surface area contributed by atoms with Gasteiger partial charge in [-0.15, -0.1) is 0 Å². The Balaban J connectivity index is 0.000000189. The van der Waals surface area contributed by atoms with Crippen molar-refractivity contribution in [2.75, 3.05) is 20.7 Å². The van der Waals surface area contributed by atoms with Crippen molar-refractivity contribution in [1.82, 2.24) is 4.90 Å². The smallest absolute Gasteiger partial charge is 0.335 e. The lowest BCUT2D eigenvalue weighted by Crippen LogP contribution is -2.42. The molecule has 8 heteroatoms. The molecule has 1 spiro atoms. The third-order valence-electron chi connectivity index (χ3n) is 6.31. The Morgan fingerprint density at radius 3 is 2.72 bits per heavy atom. The van der Waals surface area contributed by atoms with Crippen molar-refractivity contribution in [2.45, 2.75) is 37.0 Å². The van der Waals surface area contributed by atoms with E-state index >= 15 is 0 Å². The van der Waals surface area contributed by atoms with Crippen LogP contribution in [-0.4, -0.2) is 54.0 Å². The fraction of sp³-hybridized carbons (Fsp3) is 0.375. The fourth-order valence-corrected chi connectivity index (χ4v) is 5.00. The van der Waals surface area contributed by atoms with Crippen LogP contribution in [0, 0.1) is 0 Å². The SMILES string of the molecule is COc1ccc2c3c1O[C@H]1C[C@@H](O)C=C[C@@]31CCN(C)C2.O=C(O)c1ccc(Cl)c(Cl)c1.